The van der Waals surface area contributed by atoms with Gasteiger partial charge in [0, 0.05) is 11.2 Å². The van der Waals surface area contributed by atoms with E-state index < -0.39 is 5.91 Å². The number of rotatable bonds is 6. The minimum Gasteiger partial charge on any atom is -0.357 e. The predicted octanol–water partition coefficient (Wildman–Crippen LogP) is 3.95. The van der Waals surface area contributed by atoms with E-state index in [0.29, 0.717) is 10.7 Å². The van der Waals surface area contributed by atoms with Crippen molar-refractivity contribution in [1.29, 1.82) is 0 Å². The van der Waals surface area contributed by atoms with Gasteiger partial charge in [0.1, 0.15) is 5.69 Å². The van der Waals surface area contributed by atoms with E-state index in [1.807, 2.05) is 54.6 Å². The molecule has 0 spiro atoms. The highest BCUT2D eigenvalue weighted by Gasteiger charge is 2.17. The van der Waals surface area contributed by atoms with Crippen molar-refractivity contribution < 1.29 is 9.59 Å². The molecule has 0 aliphatic carbocycles. The van der Waals surface area contributed by atoms with Gasteiger partial charge in [-0.1, -0.05) is 54.1 Å². The lowest BCUT2D eigenvalue weighted by atomic mass is 10.0. The summed E-state index contributed by atoms with van der Waals surface area (Å²) in [5, 5.41) is 0.647. The average Bonchev–Trinajstić information content (AvgIpc) is 3.23. The number of nitrogens with one attached hydrogen (secondary N) is 3. The maximum absolute atomic E-state index is 12.2. The Hall–Kier alpha value is -2.70. The van der Waals surface area contributed by atoms with Crippen molar-refractivity contribution in [3.8, 4) is 0 Å². The van der Waals surface area contributed by atoms with E-state index >= 15 is 0 Å². The molecule has 3 aromatic rings. The highest BCUT2D eigenvalue weighted by Crippen LogP contribution is 2.35. The van der Waals surface area contributed by atoms with Crippen molar-refractivity contribution in [2.45, 2.75) is 5.25 Å². The van der Waals surface area contributed by atoms with Gasteiger partial charge >= 0.3 is 0 Å². The van der Waals surface area contributed by atoms with Crippen molar-refractivity contribution >= 4 is 35.2 Å². The molecule has 1 atom stereocenters. The highest BCUT2D eigenvalue weighted by atomic mass is 35.5. The molecule has 0 saturated heterocycles. The van der Waals surface area contributed by atoms with Gasteiger partial charge in [-0.3, -0.25) is 20.4 Å². The molecule has 3 N–H and O–H groups in total. The number of H-pyrrole nitrogens is 1. The number of aromatic amines is 1. The van der Waals surface area contributed by atoms with Gasteiger partial charge in [-0.25, -0.2) is 0 Å². The molecule has 2 amide bonds. The van der Waals surface area contributed by atoms with Crippen LogP contribution in [0.5, 0.6) is 0 Å². The Morgan fingerprint density at radius 3 is 2.30 bits per heavy atom. The van der Waals surface area contributed by atoms with Crippen LogP contribution in [0.4, 0.5) is 0 Å². The van der Waals surface area contributed by atoms with Crippen LogP contribution in [0.3, 0.4) is 0 Å². The average molecular weight is 400 g/mol. The van der Waals surface area contributed by atoms with Crippen LogP contribution in [0.25, 0.3) is 0 Å². The standard InChI is InChI=1S/C20H18ClN3O2S/c21-16-10-8-15(9-11-16)19(14-5-2-1-3-6-14)27-13-18(25)23-24-20(26)17-7-4-12-22-17/h1-12,19,22H,13H2,(H,23,25)(H,24,26). The fourth-order valence-electron chi connectivity index (χ4n) is 2.51. The Morgan fingerprint density at radius 1 is 0.926 bits per heavy atom. The fraction of sp³-hybridized carbons (Fsp3) is 0.100. The largest absolute Gasteiger partial charge is 0.357 e. The molecule has 7 heteroatoms. The molecule has 138 valence electrons. The lowest BCUT2D eigenvalue weighted by Crippen LogP contribution is -2.42. The Bertz CT molecular complexity index is 883. The Balaban J connectivity index is 1.61. The zero-order valence-corrected chi connectivity index (χ0v) is 15.9. The topological polar surface area (TPSA) is 74.0 Å². The summed E-state index contributed by atoms with van der Waals surface area (Å²) in [5.74, 6) is -0.488. The first-order valence-corrected chi connectivity index (χ1v) is 9.71. The molecular formula is C20H18ClN3O2S. The predicted molar refractivity (Wildman–Crippen MR) is 109 cm³/mol. The second kappa shape index (κ2) is 9.30. The van der Waals surface area contributed by atoms with Gasteiger partial charge in [0.05, 0.1) is 11.0 Å². The molecule has 27 heavy (non-hydrogen) atoms. The minimum atomic E-state index is -0.393. The first-order chi connectivity index (χ1) is 13.1. The number of benzene rings is 2. The van der Waals surface area contributed by atoms with E-state index in [4.69, 9.17) is 11.6 Å². The molecule has 3 rings (SSSR count). The first kappa shape index (κ1) is 19.1. The van der Waals surface area contributed by atoms with Crippen LogP contribution in [-0.2, 0) is 4.79 Å². The Morgan fingerprint density at radius 2 is 1.63 bits per heavy atom. The van der Waals surface area contributed by atoms with E-state index in [1.165, 1.54) is 11.8 Å². The van der Waals surface area contributed by atoms with E-state index in [-0.39, 0.29) is 16.9 Å². The molecule has 1 heterocycles. The molecule has 1 aromatic heterocycles. The lowest BCUT2D eigenvalue weighted by Gasteiger charge is -2.18. The molecule has 1 unspecified atom stereocenters. The lowest BCUT2D eigenvalue weighted by molar-refractivity contribution is -0.119. The van der Waals surface area contributed by atoms with Gasteiger partial charge in [0.2, 0.25) is 5.91 Å². The van der Waals surface area contributed by atoms with Gasteiger partial charge in [-0.05, 0) is 35.4 Å². The number of thioether (sulfide) groups is 1. The number of hydrazine groups is 1. The number of carbonyl (C=O) groups is 2. The van der Waals surface area contributed by atoms with E-state index in [2.05, 4.69) is 15.8 Å². The van der Waals surface area contributed by atoms with Gasteiger partial charge in [0.15, 0.2) is 0 Å². The van der Waals surface area contributed by atoms with Gasteiger partial charge in [0.25, 0.3) is 5.91 Å². The minimum absolute atomic E-state index is 0.0201. The summed E-state index contributed by atoms with van der Waals surface area (Å²) < 4.78 is 0. The summed E-state index contributed by atoms with van der Waals surface area (Å²) in [6.07, 6.45) is 1.64. The van der Waals surface area contributed by atoms with Crippen LogP contribution in [0.2, 0.25) is 5.02 Å². The van der Waals surface area contributed by atoms with Crippen LogP contribution < -0.4 is 10.9 Å². The first-order valence-electron chi connectivity index (χ1n) is 8.28. The number of halogens is 1. The summed E-state index contributed by atoms with van der Waals surface area (Å²) >= 11 is 7.47. The van der Waals surface area contributed by atoms with Crippen molar-refractivity contribution in [1.82, 2.24) is 15.8 Å². The van der Waals surface area contributed by atoms with E-state index in [9.17, 15) is 9.59 Å². The van der Waals surface area contributed by atoms with Crippen molar-refractivity contribution in [3.63, 3.8) is 0 Å². The summed E-state index contributed by atoms with van der Waals surface area (Å²) in [6, 6.07) is 20.9. The molecular weight excluding hydrogens is 382 g/mol. The molecule has 0 fully saturated rings. The third kappa shape index (κ3) is 5.39. The molecule has 0 saturated carbocycles. The zero-order valence-electron chi connectivity index (χ0n) is 14.3. The van der Waals surface area contributed by atoms with E-state index in [0.717, 1.165) is 11.1 Å². The normalized spacial score (nSPS) is 11.6. The smallest absolute Gasteiger partial charge is 0.286 e. The summed E-state index contributed by atoms with van der Waals surface area (Å²) in [6.45, 7) is 0. The highest BCUT2D eigenvalue weighted by molar-refractivity contribution is 8.00. The zero-order chi connectivity index (χ0) is 19.1. The fourth-order valence-corrected chi connectivity index (χ4v) is 3.73. The summed E-state index contributed by atoms with van der Waals surface area (Å²) in [7, 11) is 0. The monoisotopic (exact) mass is 399 g/mol. The van der Waals surface area contributed by atoms with Crippen molar-refractivity contribution in [2.75, 3.05) is 5.75 Å². The van der Waals surface area contributed by atoms with Crippen LogP contribution >= 0.6 is 23.4 Å². The number of amides is 2. The molecule has 0 aliphatic heterocycles. The Kier molecular flexibility index (Phi) is 6.57. The SMILES string of the molecule is O=C(CSC(c1ccccc1)c1ccc(Cl)cc1)NNC(=O)c1ccc[nH]1. The molecule has 2 aromatic carbocycles. The van der Waals surface area contributed by atoms with Crippen molar-refractivity contribution in [3.05, 3.63) is 94.8 Å². The van der Waals surface area contributed by atoms with Crippen molar-refractivity contribution in [2.24, 2.45) is 0 Å². The third-order valence-corrected chi connectivity index (χ3v) is 5.37. The number of aromatic nitrogens is 1. The van der Waals surface area contributed by atoms with Crippen LogP contribution in [-0.4, -0.2) is 22.6 Å². The second-order valence-electron chi connectivity index (χ2n) is 5.74. The summed E-state index contributed by atoms with van der Waals surface area (Å²) in [5.41, 5.74) is 7.36. The molecule has 0 aliphatic rings. The van der Waals surface area contributed by atoms with Gasteiger partial charge in [-0.2, -0.15) is 0 Å². The number of hydrogen-bond donors (Lipinski definition) is 3. The molecule has 0 bridgehead atoms. The Labute approximate surface area is 166 Å². The van der Waals surface area contributed by atoms with Crippen LogP contribution in [0.1, 0.15) is 26.9 Å². The van der Waals surface area contributed by atoms with Gasteiger partial charge in [-0.15, -0.1) is 11.8 Å². The third-order valence-electron chi connectivity index (χ3n) is 3.81. The van der Waals surface area contributed by atoms with E-state index in [1.54, 1.807) is 18.3 Å². The molecule has 5 nitrogen and oxygen atoms in total. The van der Waals surface area contributed by atoms with Crippen LogP contribution in [0.15, 0.2) is 72.9 Å². The quantitative estimate of drug-likeness (QED) is 0.549. The number of hydrogen-bond acceptors (Lipinski definition) is 3. The summed E-state index contributed by atoms with van der Waals surface area (Å²) in [4.78, 5) is 26.8. The van der Waals surface area contributed by atoms with Gasteiger partial charge < -0.3 is 4.98 Å². The maximum Gasteiger partial charge on any atom is 0.286 e. The number of carbonyl (C=O) groups excluding carboxylic acids is 2. The van der Waals surface area contributed by atoms with Crippen LogP contribution in [0, 0.1) is 0 Å². The molecule has 0 radical (unpaired) electrons. The maximum atomic E-state index is 12.2. The second-order valence-corrected chi connectivity index (χ2v) is 7.27.